The van der Waals surface area contributed by atoms with Gasteiger partial charge in [-0.25, -0.2) is 12.8 Å². The molecule has 0 aliphatic carbocycles. The van der Waals surface area contributed by atoms with Gasteiger partial charge in [-0.15, -0.1) is 11.3 Å². The molecule has 1 aromatic heterocycles. The molecule has 7 nitrogen and oxygen atoms in total. The van der Waals surface area contributed by atoms with Crippen LogP contribution in [0.2, 0.25) is 0 Å². The zero-order valence-electron chi connectivity index (χ0n) is 14.0. The smallest absolute Gasteiger partial charge is 0.321 e. The molecule has 10 heteroatoms. The van der Waals surface area contributed by atoms with E-state index in [1.807, 2.05) is 0 Å². The number of benzene rings is 1. The van der Waals surface area contributed by atoms with E-state index in [-0.39, 0.29) is 9.90 Å². The van der Waals surface area contributed by atoms with E-state index in [0.29, 0.717) is 5.56 Å². The van der Waals surface area contributed by atoms with Gasteiger partial charge >= 0.3 is 5.97 Å². The summed E-state index contributed by atoms with van der Waals surface area (Å²) in [6.07, 6.45) is -1.18. The molecule has 0 fully saturated rings. The molecule has 2 aromatic rings. The van der Waals surface area contributed by atoms with E-state index in [4.69, 9.17) is 4.74 Å². The second kappa shape index (κ2) is 8.39. The Labute approximate surface area is 154 Å². The van der Waals surface area contributed by atoms with E-state index in [9.17, 15) is 22.4 Å². The SMILES string of the molecule is Cc1ccc(NC(=O)C(C)OC(=O)CNS(=O)(=O)c2cccs2)cc1F. The normalized spacial score (nSPS) is 12.4. The predicted molar refractivity (Wildman–Crippen MR) is 94.8 cm³/mol. The zero-order chi connectivity index (χ0) is 19.3. The van der Waals surface area contributed by atoms with Crippen molar-refractivity contribution >= 4 is 38.9 Å². The Morgan fingerprint density at radius 2 is 2.04 bits per heavy atom. The molecule has 0 saturated carbocycles. The van der Waals surface area contributed by atoms with Crippen LogP contribution in [0.3, 0.4) is 0 Å². The second-order valence-corrected chi connectivity index (χ2v) is 8.28. The fourth-order valence-electron chi connectivity index (χ4n) is 1.85. The van der Waals surface area contributed by atoms with Crippen LogP contribution in [0.4, 0.5) is 10.1 Å². The largest absolute Gasteiger partial charge is 0.452 e. The number of aryl methyl sites for hydroxylation is 1. The Bertz CT molecular complexity index is 897. The first kappa shape index (κ1) is 20.0. The number of thiophene rings is 1. The van der Waals surface area contributed by atoms with E-state index >= 15 is 0 Å². The van der Waals surface area contributed by atoms with Crippen molar-refractivity contribution in [3.8, 4) is 0 Å². The highest BCUT2D eigenvalue weighted by Gasteiger charge is 2.21. The van der Waals surface area contributed by atoms with Gasteiger partial charge in [0.25, 0.3) is 15.9 Å². The van der Waals surface area contributed by atoms with E-state index in [1.165, 1.54) is 25.1 Å². The number of carbonyl (C=O) groups excluding carboxylic acids is 2. The van der Waals surface area contributed by atoms with Gasteiger partial charge in [0, 0.05) is 5.69 Å². The minimum atomic E-state index is -3.80. The summed E-state index contributed by atoms with van der Waals surface area (Å²) in [7, 11) is -3.80. The molecule has 1 aromatic carbocycles. The summed E-state index contributed by atoms with van der Waals surface area (Å²) in [6, 6.07) is 7.13. The molecule has 140 valence electrons. The van der Waals surface area contributed by atoms with Crippen LogP contribution in [-0.2, 0) is 24.3 Å². The summed E-state index contributed by atoms with van der Waals surface area (Å²) in [5.74, 6) is -2.05. The summed E-state index contributed by atoms with van der Waals surface area (Å²) in [6.45, 7) is 2.30. The van der Waals surface area contributed by atoms with Crippen LogP contribution in [0.1, 0.15) is 12.5 Å². The molecule has 26 heavy (non-hydrogen) atoms. The lowest BCUT2D eigenvalue weighted by Crippen LogP contribution is -2.35. The van der Waals surface area contributed by atoms with Gasteiger partial charge in [-0.05, 0) is 43.0 Å². The van der Waals surface area contributed by atoms with Crippen LogP contribution in [0, 0.1) is 12.7 Å². The number of hydrogen-bond donors (Lipinski definition) is 2. The van der Waals surface area contributed by atoms with Crippen LogP contribution < -0.4 is 10.0 Å². The maximum Gasteiger partial charge on any atom is 0.321 e. The Kier molecular flexibility index (Phi) is 6.46. The Hall–Kier alpha value is -2.30. The molecule has 1 unspecified atom stereocenters. The van der Waals surface area contributed by atoms with Crippen LogP contribution in [0.15, 0.2) is 39.9 Å². The molecule has 1 heterocycles. The van der Waals surface area contributed by atoms with E-state index < -0.39 is 40.4 Å². The molecule has 2 N–H and O–H groups in total. The molecular formula is C16H17FN2O5S2. The van der Waals surface area contributed by atoms with E-state index in [1.54, 1.807) is 18.4 Å². The quantitative estimate of drug-likeness (QED) is 0.693. The first-order chi connectivity index (χ1) is 12.2. The van der Waals surface area contributed by atoms with Crippen LogP contribution in [0.5, 0.6) is 0 Å². The van der Waals surface area contributed by atoms with Crippen molar-refractivity contribution in [2.75, 3.05) is 11.9 Å². The van der Waals surface area contributed by atoms with Gasteiger partial charge in [0.2, 0.25) is 0 Å². The lowest BCUT2D eigenvalue weighted by molar-refractivity contribution is -0.151. The number of esters is 1. The minimum absolute atomic E-state index is 0.0671. The monoisotopic (exact) mass is 400 g/mol. The number of ether oxygens (including phenoxy) is 1. The maximum atomic E-state index is 13.5. The topological polar surface area (TPSA) is 102 Å². The second-order valence-electron chi connectivity index (χ2n) is 5.34. The lowest BCUT2D eigenvalue weighted by atomic mass is 10.2. The van der Waals surface area contributed by atoms with Gasteiger partial charge < -0.3 is 10.1 Å². The van der Waals surface area contributed by atoms with Crippen molar-refractivity contribution in [1.82, 2.24) is 4.72 Å². The average Bonchev–Trinajstić information content (AvgIpc) is 3.12. The van der Waals surface area contributed by atoms with Crippen LogP contribution >= 0.6 is 11.3 Å². The van der Waals surface area contributed by atoms with Gasteiger partial charge in [-0.2, -0.15) is 4.72 Å². The maximum absolute atomic E-state index is 13.5. The molecule has 1 amide bonds. The molecule has 0 aliphatic rings. The summed E-state index contributed by atoms with van der Waals surface area (Å²) in [5, 5.41) is 4.01. The number of sulfonamides is 1. The van der Waals surface area contributed by atoms with Crippen molar-refractivity contribution in [1.29, 1.82) is 0 Å². The number of carbonyl (C=O) groups is 2. The third-order valence-electron chi connectivity index (χ3n) is 3.28. The number of nitrogens with one attached hydrogen (secondary N) is 2. The number of anilines is 1. The number of hydrogen-bond acceptors (Lipinski definition) is 6. The molecule has 0 radical (unpaired) electrons. The van der Waals surface area contributed by atoms with Crippen molar-refractivity contribution in [2.24, 2.45) is 0 Å². The standard InChI is InChI=1S/C16H17FN2O5S2/c1-10-5-6-12(8-13(10)17)19-16(21)11(2)24-14(20)9-18-26(22,23)15-4-3-7-25-15/h3-8,11,18H,9H2,1-2H3,(H,19,21). The first-order valence-electron chi connectivity index (χ1n) is 7.48. The predicted octanol–water partition coefficient (Wildman–Crippen LogP) is 2.04. The molecule has 0 bridgehead atoms. The number of amides is 1. The van der Waals surface area contributed by atoms with Crippen molar-refractivity contribution in [3.05, 3.63) is 47.1 Å². The van der Waals surface area contributed by atoms with Gasteiger partial charge in [-0.1, -0.05) is 12.1 Å². The van der Waals surface area contributed by atoms with Crippen molar-refractivity contribution in [3.63, 3.8) is 0 Å². The summed E-state index contributed by atoms with van der Waals surface area (Å²) in [4.78, 5) is 23.7. The van der Waals surface area contributed by atoms with Crippen molar-refractivity contribution < 1.29 is 27.1 Å². The van der Waals surface area contributed by atoms with Crippen LogP contribution in [0.25, 0.3) is 0 Å². The Morgan fingerprint density at radius 3 is 2.65 bits per heavy atom. The minimum Gasteiger partial charge on any atom is -0.452 e. The fourth-order valence-corrected chi connectivity index (χ4v) is 3.85. The molecule has 0 saturated heterocycles. The molecule has 2 rings (SSSR count). The first-order valence-corrected chi connectivity index (χ1v) is 9.85. The van der Waals surface area contributed by atoms with E-state index in [0.717, 1.165) is 17.4 Å². The van der Waals surface area contributed by atoms with Gasteiger partial charge in [0.15, 0.2) is 6.10 Å². The molecule has 1 atom stereocenters. The van der Waals surface area contributed by atoms with Gasteiger partial charge in [-0.3, -0.25) is 9.59 Å². The van der Waals surface area contributed by atoms with Crippen molar-refractivity contribution in [2.45, 2.75) is 24.2 Å². The lowest BCUT2D eigenvalue weighted by Gasteiger charge is -2.14. The van der Waals surface area contributed by atoms with E-state index in [2.05, 4.69) is 10.0 Å². The number of rotatable bonds is 7. The summed E-state index contributed by atoms with van der Waals surface area (Å²) in [5.41, 5.74) is 0.653. The Balaban J connectivity index is 1.86. The zero-order valence-corrected chi connectivity index (χ0v) is 15.6. The van der Waals surface area contributed by atoms with Gasteiger partial charge in [0.05, 0.1) is 0 Å². The fraction of sp³-hybridized carbons (Fsp3) is 0.250. The molecule has 0 spiro atoms. The Morgan fingerprint density at radius 1 is 1.31 bits per heavy atom. The summed E-state index contributed by atoms with van der Waals surface area (Å²) < 4.78 is 44.3. The highest BCUT2D eigenvalue weighted by molar-refractivity contribution is 7.91. The average molecular weight is 400 g/mol. The molecule has 0 aliphatic heterocycles. The van der Waals surface area contributed by atoms with Gasteiger partial charge in [0.1, 0.15) is 16.6 Å². The highest BCUT2D eigenvalue weighted by atomic mass is 32.2. The summed E-state index contributed by atoms with van der Waals surface area (Å²) >= 11 is 1.01. The number of halogens is 1. The van der Waals surface area contributed by atoms with Crippen LogP contribution in [-0.4, -0.2) is 32.9 Å². The highest BCUT2D eigenvalue weighted by Crippen LogP contribution is 2.15. The molecular weight excluding hydrogens is 383 g/mol. The third-order valence-corrected chi connectivity index (χ3v) is 6.08. The third kappa shape index (κ3) is 5.35.